The molecule has 4 heterocycles. The van der Waals surface area contributed by atoms with Crippen molar-refractivity contribution in [2.45, 2.75) is 6.42 Å². The lowest BCUT2D eigenvalue weighted by atomic mass is 10.1. The maximum absolute atomic E-state index is 12.7. The molecule has 0 radical (unpaired) electrons. The molecule has 25 heavy (non-hydrogen) atoms. The fraction of sp³-hybridized carbons (Fsp3) is 0.267. The molecular formula is C15H14BrN7O2. The van der Waals surface area contributed by atoms with Crippen molar-refractivity contribution in [3.05, 3.63) is 40.5 Å². The van der Waals surface area contributed by atoms with E-state index in [4.69, 9.17) is 0 Å². The van der Waals surface area contributed by atoms with Crippen molar-refractivity contribution < 1.29 is 9.59 Å². The second-order valence-electron chi connectivity index (χ2n) is 5.73. The van der Waals surface area contributed by atoms with Crippen LogP contribution >= 0.6 is 15.9 Å². The van der Waals surface area contributed by atoms with E-state index < -0.39 is 5.91 Å². The van der Waals surface area contributed by atoms with E-state index in [0.717, 1.165) is 6.42 Å². The topological polar surface area (TPSA) is 97.4 Å². The Balaban J connectivity index is 1.61. The SMILES string of the molecule is Cn1ncc(C(=O)N2CCC2)c1C(=O)Nc1ccn2nc(Br)nc2c1. The van der Waals surface area contributed by atoms with Gasteiger partial charge in [-0.15, -0.1) is 5.10 Å². The molecule has 0 aliphatic carbocycles. The van der Waals surface area contributed by atoms with Crippen LogP contribution in [0.1, 0.15) is 27.3 Å². The highest BCUT2D eigenvalue weighted by Gasteiger charge is 2.28. The summed E-state index contributed by atoms with van der Waals surface area (Å²) in [5.74, 6) is -0.562. The number of amides is 2. The normalized spacial score (nSPS) is 13.8. The van der Waals surface area contributed by atoms with Gasteiger partial charge in [-0.25, -0.2) is 9.50 Å². The molecule has 0 spiro atoms. The minimum atomic E-state index is -0.396. The van der Waals surface area contributed by atoms with Gasteiger partial charge >= 0.3 is 0 Å². The van der Waals surface area contributed by atoms with E-state index in [1.807, 2.05) is 0 Å². The zero-order valence-electron chi connectivity index (χ0n) is 13.3. The van der Waals surface area contributed by atoms with Gasteiger partial charge in [0, 0.05) is 38.1 Å². The zero-order valence-corrected chi connectivity index (χ0v) is 14.9. The number of halogens is 1. The van der Waals surface area contributed by atoms with Gasteiger partial charge in [-0.3, -0.25) is 14.3 Å². The van der Waals surface area contributed by atoms with Gasteiger partial charge in [0.2, 0.25) is 4.73 Å². The van der Waals surface area contributed by atoms with Crippen molar-refractivity contribution in [1.29, 1.82) is 0 Å². The fourth-order valence-corrected chi connectivity index (χ4v) is 3.03. The predicted octanol–water partition coefficient (Wildman–Crippen LogP) is 1.32. The molecule has 1 fully saturated rings. The van der Waals surface area contributed by atoms with Gasteiger partial charge in [-0.1, -0.05) is 0 Å². The molecule has 3 aromatic rings. The average Bonchev–Trinajstić information content (AvgIpc) is 3.06. The molecule has 0 atom stereocenters. The Hall–Kier alpha value is -2.75. The summed E-state index contributed by atoms with van der Waals surface area (Å²) in [4.78, 5) is 31.0. The molecule has 0 saturated carbocycles. The van der Waals surface area contributed by atoms with Gasteiger partial charge in [0.1, 0.15) is 5.69 Å². The summed E-state index contributed by atoms with van der Waals surface area (Å²) in [5.41, 5.74) is 1.69. The van der Waals surface area contributed by atoms with Crippen molar-refractivity contribution in [1.82, 2.24) is 29.3 Å². The first kappa shape index (κ1) is 15.8. The van der Waals surface area contributed by atoms with E-state index in [-0.39, 0.29) is 11.6 Å². The molecule has 10 heteroatoms. The number of aryl methyl sites for hydroxylation is 1. The number of nitrogens with one attached hydrogen (secondary N) is 1. The molecule has 1 N–H and O–H groups in total. The molecule has 0 unspecified atom stereocenters. The lowest BCUT2D eigenvalue weighted by Gasteiger charge is -2.30. The molecule has 1 saturated heterocycles. The van der Waals surface area contributed by atoms with E-state index in [9.17, 15) is 9.59 Å². The van der Waals surface area contributed by atoms with Crippen molar-refractivity contribution in [2.75, 3.05) is 18.4 Å². The minimum absolute atomic E-state index is 0.165. The Morgan fingerprint density at radius 1 is 1.32 bits per heavy atom. The van der Waals surface area contributed by atoms with Crippen molar-refractivity contribution >= 4 is 39.1 Å². The lowest BCUT2D eigenvalue weighted by molar-refractivity contribution is 0.0648. The van der Waals surface area contributed by atoms with Crippen molar-refractivity contribution in [3.63, 3.8) is 0 Å². The van der Waals surface area contributed by atoms with Gasteiger partial charge < -0.3 is 10.2 Å². The van der Waals surface area contributed by atoms with E-state index in [1.165, 1.54) is 10.9 Å². The first-order valence-electron chi connectivity index (χ1n) is 7.67. The van der Waals surface area contributed by atoms with Crippen LogP contribution in [0, 0.1) is 0 Å². The van der Waals surface area contributed by atoms with Crippen molar-refractivity contribution in [3.8, 4) is 0 Å². The van der Waals surface area contributed by atoms with Crippen LogP contribution in [-0.2, 0) is 7.05 Å². The van der Waals surface area contributed by atoms with Gasteiger partial charge in [0.25, 0.3) is 11.8 Å². The van der Waals surface area contributed by atoms with Crippen LogP contribution in [0.5, 0.6) is 0 Å². The highest BCUT2D eigenvalue weighted by Crippen LogP contribution is 2.18. The second kappa shape index (κ2) is 5.96. The Kier molecular flexibility index (Phi) is 3.75. The molecule has 1 aliphatic heterocycles. The number of fused-ring (bicyclic) bond motifs is 1. The van der Waals surface area contributed by atoms with E-state index in [2.05, 4.69) is 36.4 Å². The van der Waals surface area contributed by atoms with E-state index in [0.29, 0.717) is 34.7 Å². The Morgan fingerprint density at radius 2 is 2.12 bits per heavy atom. The molecule has 128 valence electrons. The maximum atomic E-state index is 12.7. The number of hydrogen-bond donors (Lipinski definition) is 1. The average molecular weight is 404 g/mol. The standard InChI is InChI=1S/C15H14BrN7O2/c1-21-12(10(8-17-21)14(25)22-4-2-5-22)13(24)18-9-3-6-23-11(7-9)19-15(16)20-23/h3,6-8H,2,4-5H2,1H3,(H,18,24). The molecular weight excluding hydrogens is 390 g/mol. The fourth-order valence-electron chi connectivity index (χ4n) is 2.68. The van der Waals surface area contributed by atoms with Crippen LogP contribution in [0.2, 0.25) is 0 Å². The van der Waals surface area contributed by atoms with Gasteiger partial charge in [-0.2, -0.15) is 5.10 Å². The van der Waals surface area contributed by atoms with E-state index in [1.54, 1.807) is 34.8 Å². The Labute approximate surface area is 150 Å². The number of nitrogens with zero attached hydrogens (tertiary/aromatic N) is 6. The number of anilines is 1. The molecule has 0 bridgehead atoms. The third-order valence-electron chi connectivity index (χ3n) is 4.10. The highest BCUT2D eigenvalue weighted by atomic mass is 79.9. The van der Waals surface area contributed by atoms with Crippen LogP contribution < -0.4 is 5.32 Å². The zero-order chi connectivity index (χ0) is 17.6. The summed E-state index contributed by atoms with van der Waals surface area (Å²) in [6.45, 7) is 1.43. The van der Waals surface area contributed by atoms with Crippen molar-refractivity contribution in [2.24, 2.45) is 7.05 Å². The quantitative estimate of drug-likeness (QED) is 0.710. The van der Waals surface area contributed by atoms with Crippen LogP contribution in [-0.4, -0.2) is 54.2 Å². The smallest absolute Gasteiger partial charge is 0.274 e. The van der Waals surface area contributed by atoms with E-state index >= 15 is 0 Å². The number of aromatic nitrogens is 5. The van der Waals surface area contributed by atoms with Gasteiger partial charge in [0.05, 0.1) is 11.8 Å². The first-order valence-corrected chi connectivity index (χ1v) is 8.47. The number of pyridine rings is 1. The summed E-state index contributed by atoms with van der Waals surface area (Å²) in [7, 11) is 1.64. The predicted molar refractivity (Wildman–Crippen MR) is 92.4 cm³/mol. The third kappa shape index (κ3) is 2.78. The monoisotopic (exact) mass is 403 g/mol. The van der Waals surface area contributed by atoms with Gasteiger partial charge in [0.15, 0.2) is 5.65 Å². The molecule has 1 aliphatic rings. The van der Waals surface area contributed by atoms with Crippen LogP contribution in [0.3, 0.4) is 0 Å². The van der Waals surface area contributed by atoms with Crippen LogP contribution in [0.15, 0.2) is 29.3 Å². The first-order chi connectivity index (χ1) is 12.0. The summed E-state index contributed by atoms with van der Waals surface area (Å²) >= 11 is 3.21. The third-order valence-corrected chi connectivity index (χ3v) is 4.43. The molecule has 2 amide bonds. The Bertz CT molecular complexity index is 989. The second-order valence-corrected chi connectivity index (χ2v) is 6.44. The molecule has 4 rings (SSSR count). The summed E-state index contributed by atoms with van der Waals surface area (Å²) < 4.78 is 3.46. The largest absolute Gasteiger partial charge is 0.338 e. The number of rotatable bonds is 3. The Morgan fingerprint density at radius 3 is 2.84 bits per heavy atom. The summed E-state index contributed by atoms with van der Waals surface area (Å²) in [6, 6.07) is 3.41. The number of carbonyl (C=O) groups is 2. The van der Waals surface area contributed by atoms with Gasteiger partial charge in [-0.05, 0) is 28.4 Å². The van der Waals surface area contributed by atoms with Crippen LogP contribution in [0.25, 0.3) is 5.65 Å². The minimum Gasteiger partial charge on any atom is -0.338 e. The molecule has 9 nitrogen and oxygen atoms in total. The number of carbonyl (C=O) groups excluding carboxylic acids is 2. The number of hydrogen-bond acceptors (Lipinski definition) is 5. The number of likely N-dealkylation sites (tertiary alicyclic amines) is 1. The lowest BCUT2D eigenvalue weighted by Crippen LogP contribution is -2.42. The highest BCUT2D eigenvalue weighted by molar-refractivity contribution is 9.10. The maximum Gasteiger partial charge on any atom is 0.274 e. The molecule has 3 aromatic heterocycles. The summed E-state index contributed by atoms with van der Waals surface area (Å²) in [6.07, 6.45) is 4.12. The summed E-state index contributed by atoms with van der Waals surface area (Å²) in [5, 5.41) is 11.0. The molecule has 0 aromatic carbocycles. The van der Waals surface area contributed by atoms with Crippen LogP contribution in [0.4, 0.5) is 5.69 Å².